The molecule has 2 aliphatic rings. The summed E-state index contributed by atoms with van der Waals surface area (Å²) in [5.74, 6) is 3.53. The van der Waals surface area contributed by atoms with Crippen molar-refractivity contribution in [2.24, 2.45) is 5.92 Å². The summed E-state index contributed by atoms with van der Waals surface area (Å²) < 4.78 is 5.47. The van der Waals surface area contributed by atoms with E-state index >= 15 is 0 Å². The van der Waals surface area contributed by atoms with Crippen LogP contribution >= 0.6 is 0 Å². The van der Waals surface area contributed by atoms with Crippen molar-refractivity contribution >= 4 is 5.82 Å². The van der Waals surface area contributed by atoms with Crippen LogP contribution in [0, 0.1) is 17.2 Å². The van der Waals surface area contributed by atoms with E-state index in [1.807, 2.05) is 6.07 Å². The number of hydrogen-bond donors (Lipinski definition) is 1. The van der Waals surface area contributed by atoms with Gasteiger partial charge in [-0.05, 0) is 50.8 Å². The maximum atomic E-state index is 8.81. The number of nitrogens with zero attached hydrogens (tertiary/aromatic N) is 5. The van der Waals surface area contributed by atoms with Gasteiger partial charge >= 0.3 is 0 Å². The SMILES string of the molecule is C[C@@H](c1nc(C2CC2)no1)N1CC[C@@H](CNc2ccc(C#N)cn2)C1. The Labute approximate surface area is 147 Å². The third-order valence-electron chi connectivity index (χ3n) is 5.09. The largest absolute Gasteiger partial charge is 0.370 e. The summed E-state index contributed by atoms with van der Waals surface area (Å²) >= 11 is 0. The van der Waals surface area contributed by atoms with E-state index in [4.69, 9.17) is 9.78 Å². The average Bonchev–Trinajstić information content (AvgIpc) is 3.20. The number of nitriles is 1. The molecule has 1 aliphatic heterocycles. The molecule has 130 valence electrons. The molecule has 0 spiro atoms. The number of rotatable bonds is 6. The zero-order chi connectivity index (χ0) is 17.2. The van der Waals surface area contributed by atoms with E-state index in [2.05, 4.69) is 38.3 Å². The summed E-state index contributed by atoms with van der Waals surface area (Å²) in [4.78, 5) is 11.2. The predicted molar refractivity (Wildman–Crippen MR) is 91.8 cm³/mol. The second-order valence-electron chi connectivity index (χ2n) is 7.02. The first-order chi connectivity index (χ1) is 12.2. The molecule has 2 fully saturated rings. The number of nitrogens with one attached hydrogen (secondary N) is 1. The number of likely N-dealkylation sites (tertiary alicyclic amines) is 1. The van der Waals surface area contributed by atoms with Crippen molar-refractivity contribution < 1.29 is 4.52 Å². The monoisotopic (exact) mass is 338 g/mol. The molecule has 0 bridgehead atoms. The van der Waals surface area contributed by atoms with E-state index in [1.165, 1.54) is 12.8 Å². The Morgan fingerprint density at radius 1 is 1.40 bits per heavy atom. The van der Waals surface area contributed by atoms with Crippen molar-refractivity contribution in [2.45, 2.75) is 38.1 Å². The van der Waals surface area contributed by atoms with Crippen LogP contribution in [0.2, 0.25) is 0 Å². The Hall–Kier alpha value is -2.46. The number of hydrogen-bond acceptors (Lipinski definition) is 7. The Morgan fingerprint density at radius 2 is 2.28 bits per heavy atom. The quantitative estimate of drug-likeness (QED) is 0.866. The molecule has 2 aromatic rings. The van der Waals surface area contributed by atoms with Gasteiger partial charge in [-0.15, -0.1) is 0 Å². The highest BCUT2D eigenvalue weighted by molar-refractivity contribution is 5.38. The molecule has 1 saturated heterocycles. The van der Waals surface area contributed by atoms with Crippen LogP contribution in [0.25, 0.3) is 0 Å². The van der Waals surface area contributed by atoms with Crippen molar-refractivity contribution in [3.8, 4) is 6.07 Å². The fraction of sp³-hybridized carbons (Fsp3) is 0.556. The van der Waals surface area contributed by atoms with Crippen molar-refractivity contribution in [3.05, 3.63) is 35.6 Å². The zero-order valence-electron chi connectivity index (χ0n) is 14.4. The second-order valence-corrected chi connectivity index (χ2v) is 7.02. The van der Waals surface area contributed by atoms with Gasteiger partial charge in [0.1, 0.15) is 11.9 Å². The molecular formula is C18H22N6O. The Kier molecular flexibility index (Phi) is 4.36. The number of pyridine rings is 1. The standard InChI is InChI=1S/C18H22N6O/c1-12(18-22-17(23-25-18)15-3-4-15)24-7-6-14(11-24)10-21-16-5-2-13(8-19)9-20-16/h2,5,9,12,14-15H,3-4,6-7,10-11H2,1H3,(H,20,21)/t12-,14-/m0/s1. The molecule has 0 radical (unpaired) electrons. The van der Waals surface area contributed by atoms with Gasteiger partial charge in [-0.2, -0.15) is 10.2 Å². The topological polar surface area (TPSA) is 90.9 Å². The third-order valence-corrected chi connectivity index (χ3v) is 5.09. The van der Waals surface area contributed by atoms with E-state index < -0.39 is 0 Å². The van der Waals surface area contributed by atoms with E-state index in [0.717, 1.165) is 43.6 Å². The maximum Gasteiger partial charge on any atom is 0.243 e. The van der Waals surface area contributed by atoms with Gasteiger partial charge in [0.05, 0.1) is 11.6 Å². The molecular weight excluding hydrogens is 316 g/mol. The highest BCUT2D eigenvalue weighted by Gasteiger charge is 2.32. The van der Waals surface area contributed by atoms with Crippen molar-refractivity contribution in [2.75, 3.05) is 25.0 Å². The molecule has 1 N–H and O–H groups in total. The van der Waals surface area contributed by atoms with Crippen LogP contribution in [0.4, 0.5) is 5.82 Å². The number of anilines is 1. The summed E-state index contributed by atoms with van der Waals surface area (Å²) in [5, 5.41) is 16.3. The molecule has 7 nitrogen and oxygen atoms in total. The van der Waals surface area contributed by atoms with Gasteiger partial charge in [-0.1, -0.05) is 5.16 Å². The van der Waals surface area contributed by atoms with Crippen LogP contribution in [-0.2, 0) is 0 Å². The molecule has 2 atom stereocenters. The highest BCUT2D eigenvalue weighted by Crippen LogP contribution is 2.39. The number of aromatic nitrogens is 3. The maximum absolute atomic E-state index is 8.81. The van der Waals surface area contributed by atoms with Gasteiger partial charge < -0.3 is 9.84 Å². The first-order valence-corrected chi connectivity index (χ1v) is 8.90. The van der Waals surface area contributed by atoms with Gasteiger partial charge in [-0.25, -0.2) is 4.98 Å². The normalized spacial score (nSPS) is 21.8. The van der Waals surface area contributed by atoms with E-state index in [-0.39, 0.29) is 6.04 Å². The lowest BCUT2D eigenvalue weighted by atomic mass is 10.1. The van der Waals surface area contributed by atoms with Crippen LogP contribution < -0.4 is 5.32 Å². The molecule has 4 rings (SSSR count). The van der Waals surface area contributed by atoms with Gasteiger partial charge in [0.25, 0.3) is 0 Å². The zero-order valence-corrected chi connectivity index (χ0v) is 14.4. The molecule has 0 amide bonds. The van der Waals surface area contributed by atoms with Gasteiger partial charge in [0.2, 0.25) is 5.89 Å². The Morgan fingerprint density at radius 3 is 3.00 bits per heavy atom. The first-order valence-electron chi connectivity index (χ1n) is 8.90. The van der Waals surface area contributed by atoms with Gasteiger partial charge in [0, 0.05) is 25.2 Å². The van der Waals surface area contributed by atoms with Crippen LogP contribution in [0.5, 0.6) is 0 Å². The van der Waals surface area contributed by atoms with Crippen molar-refractivity contribution in [1.29, 1.82) is 5.26 Å². The fourth-order valence-electron chi connectivity index (χ4n) is 3.27. The lowest BCUT2D eigenvalue weighted by Crippen LogP contribution is -2.26. The van der Waals surface area contributed by atoms with Gasteiger partial charge in [0.15, 0.2) is 5.82 Å². The molecule has 7 heteroatoms. The summed E-state index contributed by atoms with van der Waals surface area (Å²) in [7, 11) is 0. The van der Waals surface area contributed by atoms with Crippen LogP contribution in [0.3, 0.4) is 0 Å². The van der Waals surface area contributed by atoms with E-state index in [9.17, 15) is 0 Å². The second kappa shape index (κ2) is 6.81. The molecule has 1 aliphatic carbocycles. The fourth-order valence-corrected chi connectivity index (χ4v) is 3.27. The smallest absolute Gasteiger partial charge is 0.243 e. The predicted octanol–water partition coefficient (Wildman–Crippen LogP) is 2.71. The Bertz CT molecular complexity index is 761. The molecule has 2 aromatic heterocycles. The molecule has 1 saturated carbocycles. The minimum atomic E-state index is 0.165. The van der Waals surface area contributed by atoms with E-state index in [1.54, 1.807) is 12.3 Å². The summed E-state index contributed by atoms with van der Waals surface area (Å²) in [6.07, 6.45) is 5.11. The lowest BCUT2D eigenvalue weighted by Gasteiger charge is -2.21. The molecule has 3 heterocycles. The van der Waals surface area contributed by atoms with Crippen molar-refractivity contribution in [1.82, 2.24) is 20.0 Å². The highest BCUT2D eigenvalue weighted by atomic mass is 16.5. The minimum Gasteiger partial charge on any atom is -0.370 e. The van der Waals surface area contributed by atoms with Crippen LogP contribution in [0.15, 0.2) is 22.9 Å². The van der Waals surface area contributed by atoms with Gasteiger partial charge in [-0.3, -0.25) is 4.90 Å². The van der Waals surface area contributed by atoms with Crippen LogP contribution in [0.1, 0.15) is 55.4 Å². The summed E-state index contributed by atoms with van der Waals surface area (Å²) in [6, 6.07) is 5.88. The molecule has 25 heavy (non-hydrogen) atoms. The minimum absolute atomic E-state index is 0.165. The van der Waals surface area contributed by atoms with Crippen molar-refractivity contribution in [3.63, 3.8) is 0 Å². The molecule has 0 unspecified atom stereocenters. The lowest BCUT2D eigenvalue weighted by molar-refractivity contribution is 0.203. The summed E-state index contributed by atoms with van der Waals surface area (Å²) in [5.41, 5.74) is 0.580. The average molecular weight is 338 g/mol. The van der Waals surface area contributed by atoms with Crippen LogP contribution in [-0.4, -0.2) is 39.7 Å². The van der Waals surface area contributed by atoms with E-state index in [0.29, 0.717) is 17.4 Å². The Balaban J connectivity index is 1.28. The first kappa shape index (κ1) is 16.0. The summed E-state index contributed by atoms with van der Waals surface area (Å²) in [6.45, 7) is 5.06. The third kappa shape index (κ3) is 3.64. The molecule has 0 aromatic carbocycles.